The Hall–Kier alpha value is -1.36. The first-order valence-corrected chi connectivity index (χ1v) is 8.00. The van der Waals surface area contributed by atoms with Crippen molar-refractivity contribution in [3.05, 3.63) is 23.7 Å². The topological polar surface area (TPSA) is 88.5 Å². The second-order valence-electron chi connectivity index (χ2n) is 5.29. The SMILES string of the molecule is Cc1nc(-c2occc2P(=O)(O)O)n(CC(C)C)c1C. The highest BCUT2D eigenvalue weighted by Crippen LogP contribution is 2.38. The molecule has 0 fully saturated rings. The van der Waals surface area contributed by atoms with Crippen LogP contribution in [-0.4, -0.2) is 19.3 Å². The van der Waals surface area contributed by atoms with E-state index >= 15 is 0 Å². The van der Waals surface area contributed by atoms with Crippen molar-refractivity contribution in [2.75, 3.05) is 0 Å². The lowest BCUT2D eigenvalue weighted by molar-refractivity contribution is 0.387. The van der Waals surface area contributed by atoms with Crippen LogP contribution in [0.25, 0.3) is 11.6 Å². The molecule has 0 amide bonds. The van der Waals surface area contributed by atoms with Crippen LogP contribution in [0.4, 0.5) is 0 Å². The maximum atomic E-state index is 11.5. The molecule has 0 saturated heterocycles. The molecule has 2 aromatic rings. The Balaban J connectivity index is 2.62. The molecule has 7 heteroatoms. The Labute approximate surface area is 117 Å². The zero-order valence-electron chi connectivity index (χ0n) is 12.0. The third-order valence-electron chi connectivity index (χ3n) is 3.17. The van der Waals surface area contributed by atoms with E-state index in [4.69, 9.17) is 4.42 Å². The van der Waals surface area contributed by atoms with E-state index in [1.165, 1.54) is 12.3 Å². The fraction of sp³-hybridized carbons (Fsp3) is 0.462. The van der Waals surface area contributed by atoms with Crippen LogP contribution < -0.4 is 5.30 Å². The van der Waals surface area contributed by atoms with Crippen molar-refractivity contribution >= 4 is 12.9 Å². The van der Waals surface area contributed by atoms with Crippen molar-refractivity contribution in [3.63, 3.8) is 0 Å². The standard InChI is InChI=1S/C13H19N2O4P/c1-8(2)7-15-10(4)9(3)14-13(15)12-11(5-6-19-12)20(16,17)18/h5-6,8H,7H2,1-4H3,(H2,16,17,18). The molecule has 2 rings (SSSR count). The Bertz CT molecular complexity index is 666. The summed E-state index contributed by atoms with van der Waals surface area (Å²) in [4.78, 5) is 23.2. The van der Waals surface area contributed by atoms with Gasteiger partial charge in [0.1, 0.15) is 5.30 Å². The van der Waals surface area contributed by atoms with E-state index in [-0.39, 0.29) is 11.1 Å². The number of hydrogen-bond donors (Lipinski definition) is 2. The van der Waals surface area contributed by atoms with E-state index in [9.17, 15) is 14.4 Å². The number of furan rings is 1. The largest absolute Gasteiger partial charge is 0.460 e. The zero-order valence-corrected chi connectivity index (χ0v) is 12.9. The minimum atomic E-state index is -4.38. The summed E-state index contributed by atoms with van der Waals surface area (Å²) in [6, 6.07) is 1.30. The highest BCUT2D eigenvalue weighted by atomic mass is 31.2. The molecular weight excluding hydrogens is 279 g/mol. The van der Waals surface area contributed by atoms with Gasteiger partial charge in [-0.15, -0.1) is 0 Å². The fourth-order valence-corrected chi connectivity index (χ4v) is 2.79. The number of imidazole rings is 1. The first-order valence-electron chi connectivity index (χ1n) is 6.39. The number of rotatable bonds is 4. The molecule has 110 valence electrons. The predicted molar refractivity (Wildman–Crippen MR) is 75.9 cm³/mol. The van der Waals surface area contributed by atoms with Crippen LogP contribution in [0.3, 0.4) is 0 Å². The van der Waals surface area contributed by atoms with E-state index in [1.807, 2.05) is 18.4 Å². The van der Waals surface area contributed by atoms with Crippen LogP contribution in [0, 0.1) is 19.8 Å². The number of aryl methyl sites for hydroxylation is 1. The van der Waals surface area contributed by atoms with E-state index in [2.05, 4.69) is 18.8 Å². The highest BCUT2D eigenvalue weighted by Gasteiger charge is 2.28. The van der Waals surface area contributed by atoms with Gasteiger partial charge in [-0.25, -0.2) is 4.98 Å². The third kappa shape index (κ3) is 2.73. The van der Waals surface area contributed by atoms with Gasteiger partial charge in [0.25, 0.3) is 0 Å². The van der Waals surface area contributed by atoms with Crippen LogP contribution in [0.1, 0.15) is 25.2 Å². The van der Waals surface area contributed by atoms with Crippen LogP contribution >= 0.6 is 7.60 Å². The Morgan fingerprint density at radius 1 is 1.40 bits per heavy atom. The fourth-order valence-electron chi connectivity index (χ4n) is 2.12. The molecule has 2 heterocycles. The van der Waals surface area contributed by atoms with Crippen LogP contribution in [-0.2, 0) is 11.1 Å². The van der Waals surface area contributed by atoms with Gasteiger partial charge >= 0.3 is 7.60 Å². The monoisotopic (exact) mass is 298 g/mol. The van der Waals surface area contributed by atoms with Crippen molar-refractivity contribution in [2.24, 2.45) is 5.92 Å². The molecule has 2 aromatic heterocycles. The van der Waals surface area contributed by atoms with E-state index in [1.54, 1.807) is 0 Å². The van der Waals surface area contributed by atoms with Gasteiger partial charge in [0, 0.05) is 12.2 Å². The second kappa shape index (κ2) is 5.20. The Kier molecular flexibility index (Phi) is 3.91. The minimum Gasteiger partial charge on any atom is -0.460 e. The molecule has 0 aromatic carbocycles. The zero-order chi connectivity index (χ0) is 15.1. The molecule has 0 bridgehead atoms. The minimum absolute atomic E-state index is 0.118. The molecule has 0 unspecified atom stereocenters. The molecule has 0 aliphatic heterocycles. The van der Waals surface area contributed by atoms with Gasteiger partial charge < -0.3 is 18.8 Å². The smallest absolute Gasteiger partial charge is 0.360 e. The van der Waals surface area contributed by atoms with Gasteiger partial charge in [0.05, 0.1) is 12.0 Å². The van der Waals surface area contributed by atoms with Crippen molar-refractivity contribution in [2.45, 2.75) is 34.2 Å². The molecule has 0 saturated carbocycles. The quantitative estimate of drug-likeness (QED) is 0.845. The number of hydrogen-bond acceptors (Lipinski definition) is 3. The van der Waals surface area contributed by atoms with Crippen LogP contribution in [0.2, 0.25) is 0 Å². The maximum Gasteiger partial charge on any atom is 0.360 e. The lowest BCUT2D eigenvalue weighted by atomic mass is 10.2. The Morgan fingerprint density at radius 3 is 2.60 bits per heavy atom. The molecule has 0 radical (unpaired) electrons. The van der Waals surface area contributed by atoms with Crippen molar-refractivity contribution in [3.8, 4) is 11.6 Å². The van der Waals surface area contributed by atoms with Gasteiger partial charge in [0.15, 0.2) is 11.6 Å². The van der Waals surface area contributed by atoms with E-state index in [0.717, 1.165) is 11.4 Å². The average Bonchev–Trinajstić information content (AvgIpc) is 2.88. The predicted octanol–water partition coefficient (Wildman–Crippen LogP) is 2.22. The van der Waals surface area contributed by atoms with Crippen molar-refractivity contribution < 1.29 is 18.8 Å². The summed E-state index contributed by atoms with van der Waals surface area (Å²) in [6.45, 7) is 8.67. The lowest BCUT2D eigenvalue weighted by Crippen LogP contribution is -2.11. The summed E-state index contributed by atoms with van der Waals surface area (Å²) in [5.41, 5.74) is 1.80. The first-order chi connectivity index (χ1) is 9.21. The molecule has 0 spiro atoms. The van der Waals surface area contributed by atoms with Gasteiger partial charge in [0.2, 0.25) is 0 Å². The molecule has 2 N–H and O–H groups in total. The van der Waals surface area contributed by atoms with Crippen molar-refractivity contribution in [1.29, 1.82) is 0 Å². The lowest BCUT2D eigenvalue weighted by Gasteiger charge is -2.12. The Morgan fingerprint density at radius 2 is 2.05 bits per heavy atom. The first kappa shape index (κ1) is 15.0. The second-order valence-corrected chi connectivity index (χ2v) is 6.86. The summed E-state index contributed by atoms with van der Waals surface area (Å²) in [7, 11) is -4.38. The summed E-state index contributed by atoms with van der Waals surface area (Å²) in [5.74, 6) is 1.00. The molecular formula is C13H19N2O4P. The molecule has 6 nitrogen and oxygen atoms in total. The highest BCUT2D eigenvalue weighted by molar-refractivity contribution is 7.60. The van der Waals surface area contributed by atoms with Gasteiger partial charge in [-0.05, 0) is 25.8 Å². The summed E-state index contributed by atoms with van der Waals surface area (Å²) in [6.07, 6.45) is 1.28. The maximum absolute atomic E-state index is 11.5. The molecule has 0 aliphatic carbocycles. The summed E-state index contributed by atoms with van der Waals surface area (Å²) in [5, 5.41) is -0.118. The van der Waals surface area contributed by atoms with Crippen LogP contribution in [0.15, 0.2) is 16.7 Å². The van der Waals surface area contributed by atoms with Gasteiger partial charge in [-0.2, -0.15) is 0 Å². The summed E-state index contributed by atoms with van der Waals surface area (Å²) >= 11 is 0. The van der Waals surface area contributed by atoms with Crippen molar-refractivity contribution in [1.82, 2.24) is 9.55 Å². The van der Waals surface area contributed by atoms with Gasteiger partial charge in [-0.1, -0.05) is 13.8 Å². The summed E-state index contributed by atoms with van der Waals surface area (Å²) < 4.78 is 18.7. The molecule has 0 atom stereocenters. The van der Waals surface area contributed by atoms with E-state index < -0.39 is 7.60 Å². The van der Waals surface area contributed by atoms with Crippen LogP contribution in [0.5, 0.6) is 0 Å². The molecule has 0 aliphatic rings. The molecule has 20 heavy (non-hydrogen) atoms. The normalized spacial score (nSPS) is 12.3. The van der Waals surface area contributed by atoms with Gasteiger partial charge in [-0.3, -0.25) is 4.57 Å². The average molecular weight is 298 g/mol. The van der Waals surface area contributed by atoms with E-state index in [0.29, 0.717) is 18.3 Å². The third-order valence-corrected chi connectivity index (χ3v) is 4.15. The number of nitrogens with zero attached hydrogens (tertiary/aromatic N) is 2. The number of aromatic nitrogens is 2.